The van der Waals surface area contributed by atoms with E-state index in [9.17, 15) is 9.59 Å². The van der Waals surface area contributed by atoms with Crippen LogP contribution in [0.5, 0.6) is 0 Å². The van der Waals surface area contributed by atoms with Crippen molar-refractivity contribution in [3.63, 3.8) is 0 Å². The van der Waals surface area contributed by atoms with Crippen molar-refractivity contribution >= 4 is 17.7 Å². The summed E-state index contributed by atoms with van der Waals surface area (Å²) in [5.74, 6) is -1.94. The van der Waals surface area contributed by atoms with E-state index in [1.54, 1.807) is 12.3 Å². The number of allylic oxidation sites excluding steroid dienone is 2. The molecule has 0 fully saturated rings. The van der Waals surface area contributed by atoms with Crippen LogP contribution in [-0.4, -0.2) is 22.0 Å². The molecule has 1 aromatic rings. The Balaban J connectivity index is 2.10. The van der Waals surface area contributed by atoms with Gasteiger partial charge in [0, 0.05) is 6.20 Å². The largest absolute Gasteiger partial charge is 0.481 e. The van der Waals surface area contributed by atoms with Crippen molar-refractivity contribution in [3.05, 3.63) is 36.0 Å². The van der Waals surface area contributed by atoms with Gasteiger partial charge in [0.1, 0.15) is 5.82 Å². The molecule has 1 aromatic heterocycles. The molecule has 0 aromatic carbocycles. The van der Waals surface area contributed by atoms with Crippen molar-refractivity contribution in [3.8, 4) is 0 Å². The van der Waals surface area contributed by atoms with E-state index in [1.165, 1.54) is 0 Å². The highest BCUT2D eigenvalue weighted by atomic mass is 16.4. The second kappa shape index (κ2) is 5.65. The number of anilines is 1. The zero-order valence-electron chi connectivity index (χ0n) is 10.7. The molecule has 1 aliphatic rings. The van der Waals surface area contributed by atoms with Gasteiger partial charge in [-0.15, -0.1) is 0 Å². The molecule has 0 spiro atoms. The second-order valence-corrected chi connectivity index (χ2v) is 4.70. The molecule has 19 heavy (non-hydrogen) atoms. The Labute approximate surface area is 111 Å². The van der Waals surface area contributed by atoms with E-state index in [4.69, 9.17) is 5.11 Å². The molecule has 2 atom stereocenters. The number of aliphatic carboxylic acids is 1. The molecule has 0 saturated carbocycles. The van der Waals surface area contributed by atoms with Crippen LogP contribution in [0.1, 0.15) is 18.4 Å². The van der Waals surface area contributed by atoms with Crippen LogP contribution in [0.25, 0.3) is 0 Å². The number of nitrogens with one attached hydrogen (secondary N) is 1. The molecule has 5 nitrogen and oxygen atoms in total. The summed E-state index contributed by atoms with van der Waals surface area (Å²) in [5, 5.41) is 11.8. The molecule has 1 heterocycles. The number of aromatic nitrogens is 1. The highest BCUT2D eigenvalue weighted by Crippen LogP contribution is 2.27. The SMILES string of the molecule is Cc1ccnc(NC(=O)[C@@H]2CC=CC[C@@H]2C(=O)O)c1. The quantitative estimate of drug-likeness (QED) is 0.815. The molecular formula is C14H16N2O3. The van der Waals surface area contributed by atoms with Crippen LogP contribution in [0.3, 0.4) is 0 Å². The smallest absolute Gasteiger partial charge is 0.307 e. The fraction of sp³-hybridized carbons (Fsp3) is 0.357. The van der Waals surface area contributed by atoms with E-state index in [-0.39, 0.29) is 5.91 Å². The van der Waals surface area contributed by atoms with Gasteiger partial charge in [0.25, 0.3) is 0 Å². The molecule has 1 amide bonds. The number of carbonyl (C=O) groups is 2. The third-order valence-corrected chi connectivity index (χ3v) is 3.25. The first-order valence-electron chi connectivity index (χ1n) is 6.19. The summed E-state index contributed by atoms with van der Waals surface area (Å²) in [6.07, 6.45) is 6.13. The van der Waals surface area contributed by atoms with Crippen LogP contribution in [-0.2, 0) is 9.59 Å². The lowest BCUT2D eigenvalue weighted by Gasteiger charge is -2.24. The van der Waals surface area contributed by atoms with Gasteiger partial charge < -0.3 is 10.4 Å². The second-order valence-electron chi connectivity index (χ2n) is 4.70. The van der Waals surface area contributed by atoms with Gasteiger partial charge in [-0.1, -0.05) is 12.2 Å². The fourth-order valence-corrected chi connectivity index (χ4v) is 2.20. The van der Waals surface area contributed by atoms with Crippen molar-refractivity contribution < 1.29 is 14.7 Å². The lowest BCUT2D eigenvalue weighted by molar-refractivity contribution is -0.146. The highest BCUT2D eigenvalue weighted by Gasteiger charge is 2.34. The number of carboxylic acid groups (broad SMARTS) is 1. The van der Waals surface area contributed by atoms with Gasteiger partial charge in [0.2, 0.25) is 5.91 Å². The summed E-state index contributed by atoms with van der Waals surface area (Å²) in [6, 6.07) is 3.59. The minimum Gasteiger partial charge on any atom is -0.481 e. The Morgan fingerprint density at radius 1 is 1.32 bits per heavy atom. The Morgan fingerprint density at radius 3 is 2.63 bits per heavy atom. The van der Waals surface area contributed by atoms with Gasteiger partial charge in [0.15, 0.2) is 0 Å². The first-order chi connectivity index (χ1) is 9.08. The van der Waals surface area contributed by atoms with Gasteiger partial charge >= 0.3 is 5.97 Å². The predicted octanol–water partition coefficient (Wildman–Crippen LogP) is 2.00. The zero-order chi connectivity index (χ0) is 13.8. The molecule has 0 unspecified atom stereocenters. The van der Waals surface area contributed by atoms with Crippen LogP contribution >= 0.6 is 0 Å². The Morgan fingerprint density at radius 2 is 2.00 bits per heavy atom. The maximum Gasteiger partial charge on any atom is 0.307 e. The van der Waals surface area contributed by atoms with Crippen molar-refractivity contribution in [1.29, 1.82) is 0 Å². The highest BCUT2D eigenvalue weighted by molar-refractivity contribution is 5.94. The first-order valence-corrected chi connectivity index (χ1v) is 6.19. The van der Waals surface area contributed by atoms with Crippen LogP contribution < -0.4 is 5.32 Å². The number of hydrogen-bond donors (Lipinski definition) is 2. The Kier molecular flexibility index (Phi) is 3.94. The summed E-state index contributed by atoms with van der Waals surface area (Å²) >= 11 is 0. The zero-order valence-corrected chi connectivity index (χ0v) is 10.7. The Bertz CT molecular complexity index is 525. The van der Waals surface area contributed by atoms with Crippen LogP contribution in [0.4, 0.5) is 5.82 Å². The van der Waals surface area contributed by atoms with Gasteiger partial charge in [0.05, 0.1) is 11.8 Å². The average molecular weight is 260 g/mol. The predicted molar refractivity (Wildman–Crippen MR) is 70.6 cm³/mol. The molecule has 5 heteroatoms. The molecule has 0 saturated heterocycles. The minimum atomic E-state index is -0.929. The summed E-state index contributed by atoms with van der Waals surface area (Å²) in [4.78, 5) is 27.3. The van der Waals surface area contributed by atoms with Crippen LogP contribution in [0.2, 0.25) is 0 Å². The van der Waals surface area contributed by atoms with Gasteiger partial charge in [-0.25, -0.2) is 4.98 Å². The fourth-order valence-electron chi connectivity index (χ4n) is 2.20. The lowest BCUT2D eigenvalue weighted by atomic mass is 9.82. The molecule has 2 rings (SSSR count). The lowest BCUT2D eigenvalue weighted by Crippen LogP contribution is -2.34. The number of pyridine rings is 1. The molecule has 2 N–H and O–H groups in total. The molecule has 0 aliphatic heterocycles. The van der Waals surface area contributed by atoms with E-state index >= 15 is 0 Å². The van der Waals surface area contributed by atoms with Crippen molar-refractivity contribution in [2.24, 2.45) is 11.8 Å². The number of nitrogens with zero attached hydrogens (tertiary/aromatic N) is 1. The number of aryl methyl sites for hydroxylation is 1. The normalized spacial score (nSPS) is 21.9. The van der Waals surface area contributed by atoms with Gasteiger partial charge in [-0.05, 0) is 37.5 Å². The standard InChI is InChI=1S/C14H16N2O3/c1-9-6-7-15-12(8-9)16-13(17)10-4-2-3-5-11(10)14(18)19/h2-3,6-8,10-11H,4-5H2,1H3,(H,18,19)(H,15,16,17)/t10-,11+/m1/s1. The summed E-state index contributed by atoms with van der Waals surface area (Å²) < 4.78 is 0. The van der Waals surface area contributed by atoms with Gasteiger partial charge in [-0.3, -0.25) is 9.59 Å². The van der Waals surface area contributed by atoms with Crippen LogP contribution in [0.15, 0.2) is 30.5 Å². The number of rotatable bonds is 3. The minimum absolute atomic E-state index is 0.283. The molecule has 0 radical (unpaired) electrons. The third-order valence-electron chi connectivity index (χ3n) is 3.25. The van der Waals surface area contributed by atoms with Gasteiger partial charge in [-0.2, -0.15) is 0 Å². The van der Waals surface area contributed by atoms with E-state index in [0.29, 0.717) is 18.7 Å². The van der Waals surface area contributed by atoms with Crippen molar-refractivity contribution in [1.82, 2.24) is 4.98 Å². The monoisotopic (exact) mass is 260 g/mol. The van der Waals surface area contributed by atoms with E-state index in [1.807, 2.05) is 25.1 Å². The first kappa shape index (κ1) is 13.3. The number of carboxylic acids is 1. The number of amides is 1. The summed E-state index contributed by atoms with van der Waals surface area (Å²) in [6.45, 7) is 1.90. The number of carbonyl (C=O) groups excluding carboxylic acids is 1. The maximum absolute atomic E-state index is 12.1. The van der Waals surface area contributed by atoms with Crippen molar-refractivity contribution in [2.45, 2.75) is 19.8 Å². The molecular weight excluding hydrogens is 244 g/mol. The molecule has 0 bridgehead atoms. The average Bonchev–Trinajstić information content (AvgIpc) is 2.38. The third kappa shape index (κ3) is 3.19. The van der Waals surface area contributed by atoms with E-state index < -0.39 is 17.8 Å². The topological polar surface area (TPSA) is 79.3 Å². The summed E-state index contributed by atoms with van der Waals surface area (Å²) in [7, 11) is 0. The number of hydrogen-bond acceptors (Lipinski definition) is 3. The Hall–Kier alpha value is -2.17. The maximum atomic E-state index is 12.1. The van der Waals surface area contributed by atoms with E-state index in [0.717, 1.165) is 5.56 Å². The van der Waals surface area contributed by atoms with E-state index in [2.05, 4.69) is 10.3 Å². The van der Waals surface area contributed by atoms with Crippen molar-refractivity contribution in [2.75, 3.05) is 5.32 Å². The summed E-state index contributed by atoms with van der Waals surface area (Å²) in [5.41, 5.74) is 0.989. The molecule has 1 aliphatic carbocycles. The van der Waals surface area contributed by atoms with Crippen LogP contribution in [0, 0.1) is 18.8 Å². The molecule has 100 valence electrons.